The van der Waals surface area contributed by atoms with E-state index in [-0.39, 0.29) is 29.5 Å². The lowest BCUT2D eigenvalue weighted by atomic mass is 10.2. The maximum Gasteiger partial charge on any atom is 0.270 e. The maximum absolute atomic E-state index is 12.1. The molecule has 1 amide bonds. The Hall–Kier alpha value is -3.22. The highest BCUT2D eigenvalue weighted by atomic mass is 16.6. The van der Waals surface area contributed by atoms with Gasteiger partial charge in [0.2, 0.25) is 0 Å². The standard InChI is InChI=1S/C17H16N2O5/c1-18(10-13-5-3-2-4-6-13)17(21)12-24-16-8-7-15(19(22)23)9-14(16)11-20/h2-9,11H,10,12H2,1H3. The number of nitro groups is 1. The summed E-state index contributed by atoms with van der Waals surface area (Å²) in [6.07, 6.45) is 0.459. The third-order valence-corrected chi connectivity index (χ3v) is 3.37. The van der Waals surface area contributed by atoms with Crippen molar-refractivity contribution in [1.82, 2.24) is 4.90 Å². The minimum Gasteiger partial charge on any atom is -0.483 e. The largest absolute Gasteiger partial charge is 0.483 e. The van der Waals surface area contributed by atoms with E-state index in [9.17, 15) is 19.7 Å². The summed E-state index contributed by atoms with van der Waals surface area (Å²) in [7, 11) is 1.65. The second kappa shape index (κ2) is 7.87. The van der Waals surface area contributed by atoms with Crippen LogP contribution >= 0.6 is 0 Å². The van der Waals surface area contributed by atoms with Crippen LogP contribution in [-0.4, -0.2) is 35.7 Å². The summed E-state index contributed by atoms with van der Waals surface area (Å²) in [5, 5.41) is 10.7. The molecule has 0 aliphatic heterocycles. The highest BCUT2D eigenvalue weighted by Gasteiger charge is 2.14. The van der Waals surface area contributed by atoms with Gasteiger partial charge in [-0.05, 0) is 11.6 Å². The van der Waals surface area contributed by atoms with Crippen LogP contribution in [0.1, 0.15) is 15.9 Å². The molecular formula is C17H16N2O5. The number of hydrogen-bond acceptors (Lipinski definition) is 5. The number of amides is 1. The Morgan fingerprint density at radius 2 is 1.96 bits per heavy atom. The van der Waals surface area contributed by atoms with E-state index in [1.807, 2.05) is 30.3 Å². The minimum atomic E-state index is -0.602. The third-order valence-electron chi connectivity index (χ3n) is 3.37. The van der Waals surface area contributed by atoms with Gasteiger partial charge in [-0.2, -0.15) is 0 Å². The number of aldehydes is 1. The number of carbonyl (C=O) groups is 2. The van der Waals surface area contributed by atoms with Crippen molar-refractivity contribution in [2.75, 3.05) is 13.7 Å². The van der Waals surface area contributed by atoms with E-state index in [2.05, 4.69) is 0 Å². The molecule has 0 heterocycles. The third kappa shape index (κ3) is 4.39. The summed E-state index contributed by atoms with van der Waals surface area (Å²) in [6.45, 7) is 0.172. The minimum absolute atomic E-state index is 0.0303. The first-order valence-electron chi connectivity index (χ1n) is 7.15. The summed E-state index contributed by atoms with van der Waals surface area (Å²) < 4.78 is 5.34. The molecule has 0 radical (unpaired) electrons. The van der Waals surface area contributed by atoms with Crippen molar-refractivity contribution < 1.29 is 19.2 Å². The number of non-ortho nitro benzene ring substituents is 1. The average molecular weight is 328 g/mol. The number of nitro benzene ring substituents is 1. The van der Waals surface area contributed by atoms with Crippen molar-refractivity contribution in [3.8, 4) is 5.75 Å². The average Bonchev–Trinajstić information content (AvgIpc) is 2.60. The molecule has 7 heteroatoms. The molecule has 0 fully saturated rings. The fraction of sp³-hybridized carbons (Fsp3) is 0.176. The SMILES string of the molecule is CN(Cc1ccccc1)C(=O)COc1ccc([N+](=O)[O-])cc1C=O. The van der Waals surface area contributed by atoms with Crippen molar-refractivity contribution in [2.24, 2.45) is 0 Å². The van der Waals surface area contributed by atoms with Crippen molar-refractivity contribution in [3.63, 3.8) is 0 Å². The predicted octanol–water partition coefficient (Wildman–Crippen LogP) is 2.44. The Labute approximate surface area is 138 Å². The second-order valence-corrected chi connectivity index (χ2v) is 5.12. The molecule has 0 N–H and O–H groups in total. The van der Waals surface area contributed by atoms with Gasteiger partial charge in [-0.1, -0.05) is 30.3 Å². The predicted molar refractivity (Wildman–Crippen MR) is 86.9 cm³/mol. The Bertz CT molecular complexity index is 746. The molecule has 0 bridgehead atoms. The van der Waals surface area contributed by atoms with Gasteiger partial charge in [-0.25, -0.2) is 0 Å². The molecule has 0 saturated carbocycles. The number of benzene rings is 2. The van der Waals surface area contributed by atoms with E-state index in [1.54, 1.807) is 7.05 Å². The Morgan fingerprint density at radius 1 is 1.25 bits per heavy atom. The van der Waals surface area contributed by atoms with Gasteiger partial charge in [-0.15, -0.1) is 0 Å². The Balaban J connectivity index is 1.98. The summed E-state index contributed by atoms with van der Waals surface area (Å²) in [6, 6.07) is 13.1. The number of ether oxygens (including phenoxy) is 1. The van der Waals surface area contributed by atoms with Gasteiger partial charge in [0.25, 0.3) is 11.6 Å². The fourth-order valence-corrected chi connectivity index (χ4v) is 2.07. The lowest BCUT2D eigenvalue weighted by Gasteiger charge is -2.18. The topological polar surface area (TPSA) is 89.8 Å². The van der Waals surface area contributed by atoms with Gasteiger partial charge in [0, 0.05) is 25.7 Å². The van der Waals surface area contributed by atoms with Crippen LogP contribution in [0.4, 0.5) is 5.69 Å². The first kappa shape index (κ1) is 17.1. The van der Waals surface area contributed by atoms with E-state index in [1.165, 1.54) is 17.0 Å². The molecular weight excluding hydrogens is 312 g/mol. The first-order valence-corrected chi connectivity index (χ1v) is 7.15. The summed E-state index contributed by atoms with van der Waals surface area (Å²) in [5.74, 6) is -0.133. The zero-order valence-corrected chi connectivity index (χ0v) is 13.0. The Morgan fingerprint density at radius 3 is 2.58 bits per heavy atom. The van der Waals surface area contributed by atoms with E-state index in [0.717, 1.165) is 11.6 Å². The first-order chi connectivity index (χ1) is 11.5. The molecule has 0 saturated heterocycles. The van der Waals surface area contributed by atoms with Gasteiger partial charge in [0.05, 0.1) is 10.5 Å². The molecule has 0 aliphatic carbocycles. The summed E-state index contributed by atoms with van der Waals surface area (Å²) in [4.78, 5) is 34.7. The number of nitrogens with zero attached hydrogens (tertiary/aromatic N) is 2. The van der Waals surface area contributed by atoms with E-state index < -0.39 is 4.92 Å². The molecule has 24 heavy (non-hydrogen) atoms. The van der Waals surface area contributed by atoms with Crippen LogP contribution in [0.15, 0.2) is 48.5 Å². The number of likely N-dealkylation sites (N-methyl/N-ethyl adjacent to an activating group) is 1. The smallest absolute Gasteiger partial charge is 0.270 e. The number of carbonyl (C=O) groups excluding carboxylic acids is 2. The van der Waals surface area contributed by atoms with E-state index in [4.69, 9.17) is 4.74 Å². The summed E-state index contributed by atoms with van der Waals surface area (Å²) in [5.41, 5.74) is 0.803. The molecule has 0 aliphatic rings. The van der Waals surface area contributed by atoms with Gasteiger partial charge in [0.1, 0.15) is 5.75 Å². The highest BCUT2D eigenvalue weighted by molar-refractivity contribution is 5.82. The van der Waals surface area contributed by atoms with Gasteiger partial charge < -0.3 is 9.64 Å². The molecule has 0 atom stereocenters. The molecule has 2 rings (SSSR count). The van der Waals surface area contributed by atoms with Gasteiger partial charge in [-0.3, -0.25) is 19.7 Å². The van der Waals surface area contributed by atoms with Crippen LogP contribution in [-0.2, 0) is 11.3 Å². The Kier molecular flexibility index (Phi) is 5.62. The monoisotopic (exact) mass is 328 g/mol. The van der Waals surface area contributed by atoms with Crippen LogP contribution in [0, 0.1) is 10.1 Å². The highest BCUT2D eigenvalue weighted by Crippen LogP contribution is 2.22. The maximum atomic E-state index is 12.1. The van der Waals surface area contributed by atoms with Gasteiger partial charge >= 0.3 is 0 Å². The van der Waals surface area contributed by atoms with Crippen molar-refractivity contribution in [2.45, 2.75) is 6.54 Å². The van der Waals surface area contributed by atoms with Crippen molar-refractivity contribution in [1.29, 1.82) is 0 Å². The molecule has 124 valence electrons. The zero-order chi connectivity index (χ0) is 17.5. The zero-order valence-electron chi connectivity index (χ0n) is 13.0. The van der Waals surface area contributed by atoms with Gasteiger partial charge in [0.15, 0.2) is 12.9 Å². The molecule has 2 aromatic rings. The molecule has 2 aromatic carbocycles. The normalized spacial score (nSPS) is 10.0. The quantitative estimate of drug-likeness (QED) is 0.442. The molecule has 0 aromatic heterocycles. The second-order valence-electron chi connectivity index (χ2n) is 5.12. The van der Waals surface area contributed by atoms with Crippen molar-refractivity contribution >= 4 is 17.9 Å². The lowest BCUT2D eigenvalue weighted by Crippen LogP contribution is -2.31. The molecule has 0 unspecified atom stereocenters. The van der Waals surface area contributed by atoms with Crippen LogP contribution in [0.25, 0.3) is 0 Å². The molecule has 7 nitrogen and oxygen atoms in total. The van der Waals surface area contributed by atoms with Crippen LogP contribution in [0.5, 0.6) is 5.75 Å². The van der Waals surface area contributed by atoms with Crippen LogP contribution < -0.4 is 4.74 Å². The number of rotatable bonds is 7. The van der Waals surface area contributed by atoms with E-state index in [0.29, 0.717) is 12.8 Å². The van der Waals surface area contributed by atoms with Crippen LogP contribution in [0.2, 0.25) is 0 Å². The van der Waals surface area contributed by atoms with Crippen molar-refractivity contribution in [3.05, 3.63) is 69.8 Å². The lowest BCUT2D eigenvalue weighted by molar-refractivity contribution is -0.384. The van der Waals surface area contributed by atoms with E-state index >= 15 is 0 Å². The summed E-state index contributed by atoms with van der Waals surface area (Å²) >= 11 is 0. The number of hydrogen-bond donors (Lipinski definition) is 0. The molecule has 0 spiro atoms. The fourth-order valence-electron chi connectivity index (χ4n) is 2.07. The van der Waals surface area contributed by atoms with Crippen LogP contribution in [0.3, 0.4) is 0 Å².